The van der Waals surface area contributed by atoms with Crippen LogP contribution in [-0.2, 0) is 40.7 Å². The number of aliphatic hydroxyl groups is 1. The highest BCUT2D eigenvalue weighted by Crippen LogP contribution is 2.45. The lowest BCUT2D eigenvalue weighted by Gasteiger charge is -2.42. The lowest BCUT2D eigenvalue weighted by Crippen LogP contribution is -2.50. The maximum Gasteiger partial charge on any atom is 0.407 e. The van der Waals surface area contributed by atoms with Gasteiger partial charge in [0.25, 0.3) is 0 Å². The van der Waals surface area contributed by atoms with Crippen molar-refractivity contribution in [1.82, 2.24) is 16.0 Å². The molecule has 6 atom stereocenters. The zero-order valence-corrected chi connectivity index (χ0v) is 43.3. The van der Waals surface area contributed by atoms with Crippen LogP contribution in [0, 0.1) is 17.8 Å². The molecule has 75 heavy (non-hydrogen) atoms. The molecule has 14 nitrogen and oxygen atoms in total. The lowest BCUT2D eigenvalue weighted by molar-refractivity contribution is -0.221. The molecule has 1 fully saturated rings. The maximum absolute atomic E-state index is 14.1. The van der Waals surface area contributed by atoms with Crippen molar-refractivity contribution in [3.8, 4) is 22.6 Å². The van der Waals surface area contributed by atoms with E-state index in [0.29, 0.717) is 24.9 Å². The molecule has 0 spiro atoms. The summed E-state index contributed by atoms with van der Waals surface area (Å²) in [6.45, 7) is 6.22. The van der Waals surface area contributed by atoms with E-state index >= 15 is 0 Å². The number of hydrogen-bond donors (Lipinski definition) is 5. The van der Waals surface area contributed by atoms with Crippen LogP contribution in [0.4, 0.5) is 10.5 Å². The van der Waals surface area contributed by atoms with Crippen LogP contribution in [0.25, 0.3) is 11.1 Å². The third-order valence-electron chi connectivity index (χ3n) is 14.9. The molecule has 392 valence electrons. The monoisotopic (exact) mass is 1020 g/mol. The molecule has 1 heterocycles. The summed E-state index contributed by atoms with van der Waals surface area (Å²) in [5, 5.41) is 22.5. The Morgan fingerprint density at radius 1 is 0.693 bits per heavy atom. The Morgan fingerprint density at radius 3 is 1.92 bits per heavy atom. The highest BCUT2D eigenvalue weighted by molar-refractivity contribution is 5.93. The van der Waals surface area contributed by atoms with Crippen LogP contribution in [0.3, 0.4) is 0 Å². The van der Waals surface area contributed by atoms with Crippen molar-refractivity contribution in [2.75, 3.05) is 39.2 Å². The average molecular weight is 1020 g/mol. The van der Waals surface area contributed by atoms with E-state index in [1.807, 2.05) is 106 Å². The molecule has 14 heteroatoms. The van der Waals surface area contributed by atoms with Gasteiger partial charge in [-0.1, -0.05) is 148 Å². The van der Waals surface area contributed by atoms with E-state index in [-0.39, 0.29) is 67.7 Å². The van der Waals surface area contributed by atoms with E-state index < -0.39 is 47.9 Å². The van der Waals surface area contributed by atoms with Crippen molar-refractivity contribution < 1.29 is 48.0 Å². The van der Waals surface area contributed by atoms with E-state index in [0.717, 1.165) is 44.7 Å². The van der Waals surface area contributed by atoms with Crippen molar-refractivity contribution in [3.05, 3.63) is 185 Å². The molecule has 0 aromatic heterocycles. The van der Waals surface area contributed by atoms with E-state index in [9.17, 15) is 24.3 Å². The molecule has 6 aromatic carbocycles. The smallest absolute Gasteiger partial charge is 0.407 e. The van der Waals surface area contributed by atoms with Gasteiger partial charge in [0.15, 0.2) is 6.10 Å². The molecule has 5 N–H and O–H groups in total. The number of nitrogens with one attached hydrogen (secondary N) is 4. The number of anilines is 1. The number of carbonyl (C=O) groups is 4. The molecule has 0 saturated carbocycles. The molecular weight excluding hydrogens is 949 g/mol. The molecule has 1 saturated heterocycles. The number of ether oxygens (including phenoxy) is 5. The van der Waals surface area contributed by atoms with Crippen LogP contribution < -0.4 is 30.7 Å². The van der Waals surface area contributed by atoms with Gasteiger partial charge >= 0.3 is 12.1 Å². The van der Waals surface area contributed by atoms with Crippen molar-refractivity contribution in [2.24, 2.45) is 17.8 Å². The third-order valence-corrected chi connectivity index (χ3v) is 14.9. The first-order valence-electron chi connectivity index (χ1n) is 25.8. The fourth-order valence-corrected chi connectivity index (χ4v) is 10.4. The minimum absolute atomic E-state index is 0.0363. The first-order chi connectivity index (χ1) is 36.4. The molecule has 0 radical (unpaired) electrons. The first kappa shape index (κ1) is 53.8. The van der Waals surface area contributed by atoms with Gasteiger partial charge in [-0.25, -0.2) is 9.59 Å². The van der Waals surface area contributed by atoms with Crippen LogP contribution in [0.15, 0.2) is 152 Å². The van der Waals surface area contributed by atoms with Crippen molar-refractivity contribution >= 4 is 29.6 Å². The Bertz CT molecular complexity index is 2800. The van der Waals surface area contributed by atoms with Crippen LogP contribution >= 0.6 is 0 Å². The second-order valence-electron chi connectivity index (χ2n) is 19.4. The van der Waals surface area contributed by atoms with Gasteiger partial charge in [-0.2, -0.15) is 0 Å². The maximum atomic E-state index is 14.1. The van der Waals surface area contributed by atoms with Gasteiger partial charge in [0.05, 0.1) is 32.1 Å². The van der Waals surface area contributed by atoms with Gasteiger partial charge in [0, 0.05) is 24.8 Å². The topological polar surface area (TPSA) is 183 Å². The fraction of sp³-hybridized carbons (Fsp3) is 0.344. The van der Waals surface area contributed by atoms with E-state index in [2.05, 4.69) is 69.8 Å². The number of alkyl carbamates (subject to hydrolysis) is 1. The molecule has 6 aromatic rings. The number of benzene rings is 6. The summed E-state index contributed by atoms with van der Waals surface area (Å²) in [4.78, 5) is 54.1. The second-order valence-corrected chi connectivity index (χ2v) is 19.4. The molecule has 1 aliphatic heterocycles. The number of carbonyl (C=O) groups excluding carboxylic acids is 4. The quantitative estimate of drug-likeness (QED) is 0.0248. The largest absolute Gasteiger partial charge is 0.497 e. The normalized spacial score (nSPS) is 18.4. The molecular formula is C61H68N4O10. The summed E-state index contributed by atoms with van der Waals surface area (Å²) in [5.41, 5.74) is 7.55. The highest BCUT2D eigenvalue weighted by Gasteiger charge is 2.44. The van der Waals surface area contributed by atoms with E-state index in [1.165, 1.54) is 7.11 Å². The number of unbranched alkanes of at least 4 members (excludes halogenated alkanes) is 1. The minimum Gasteiger partial charge on any atom is -0.497 e. The summed E-state index contributed by atoms with van der Waals surface area (Å²) >= 11 is 0. The number of esters is 1. The van der Waals surface area contributed by atoms with Gasteiger partial charge in [-0.15, -0.1) is 0 Å². The predicted molar refractivity (Wildman–Crippen MR) is 287 cm³/mol. The molecule has 8 rings (SSSR count). The Morgan fingerprint density at radius 2 is 1.31 bits per heavy atom. The van der Waals surface area contributed by atoms with Gasteiger partial charge in [-0.3, -0.25) is 14.9 Å². The standard InChI is InChI=1S/C61H68N4O10/c1-39-40(2)56(58(69)72-5)75-59(41(39)3)74-54-32-27-42(37-66)36-53(54)64-55(67)33-35-62-57(68)52(65-60(70)73-38-51-49-24-14-12-22-47(49)48-23-13-15-25-50(48)51)26-16-17-34-63-61(43-18-8-6-9-19-43,44-20-10-7-11-21-44)45-28-30-46(71-4)31-29-45/h6-15,18-25,27-32,36,39-41,51-52,56,59,63,66H,16-17,26,33-35,37-38H2,1-5H3,(H,62,68)(H,64,67)(H,65,70)/t39-,40-,41+,52-,56-,59+/m0/s1. The van der Waals surface area contributed by atoms with Crippen LogP contribution in [0.1, 0.15) is 85.8 Å². The number of amides is 3. The average Bonchev–Trinajstić information content (AvgIpc) is 3.77. The first-order valence-corrected chi connectivity index (χ1v) is 25.8. The Kier molecular flexibility index (Phi) is 18.0. The molecule has 0 unspecified atom stereocenters. The van der Waals surface area contributed by atoms with Gasteiger partial charge in [0.1, 0.15) is 24.1 Å². The zero-order valence-electron chi connectivity index (χ0n) is 43.3. The second kappa shape index (κ2) is 25.1. The molecule has 1 aliphatic carbocycles. The summed E-state index contributed by atoms with van der Waals surface area (Å²) < 4.78 is 28.9. The molecule has 2 aliphatic rings. The fourth-order valence-electron chi connectivity index (χ4n) is 10.4. The van der Waals surface area contributed by atoms with Crippen LogP contribution in [-0.4, -0.2) is 81.3 Å². The summed E-state index contributed by atoms with van der Waals surface area (Å²) in [6, 6.07) is 48.7. The minimum atomic E-state index is -0.990. The molecule has 0 bridgehead atoms. The van der Waals surface area contributed by atoms with Crippen molar-refractivity contribution in [3.63, 3.8) is 0 Å². The summed E-state index contributed by atoms with van der Waals surface area (Å²) in [5.74, 6) is -0.766. The SMILES string of the molecule is COC(=O)[C@H]1O[C@@H](Oc2ccc(CO)cc2NC(=O)CCNC(=O)[C@H](CCCCNC(c2ccccc2)(c2ccccc2)c2ccc(OC)cc2)NC(=O)OCC2c3ccccc3-c3ccccc32)[C@H](C)[C@@H](C)[C@@H]1C. The van der Waals surface area contributed by atoms with E-state index in [1.54, 1.807) is 25.3 Å². The number of hydrogen-bond acceptors (Lipinski definition) is 11. The number of methoxy groups -OCH3 is 2. The van der Waals surface area contributed by atoms with Gasteiger partial charge in [0.2, 0.25) is 18.1 Å². The number of fused-ring (bicyclic) bond motifs is 3. The van der Waals surface area contributed by atoms with E-state index in [4.69, 9.17) is 23.7 Å². The summed E-state index contributed by atoms with van der Waals surface area (Å²) in [7, 11) is 2.96. The Labute approximate surface area is 439 Å². The summed E-state index contributed by atoms with van der Waals surface area (Å²) in [6.07, 6.45) is -1.07. The lowest BCUT2D eigenvalue weighted by atomic mass is 9.77. The van der Waals surface area contributed by atoms with Crippen LogP contribution in [0.2, 0.25) is 0 Å². The predicted octanol–water partition coefficient (Wildman–Crippen LogP) is 9.48. The van der Waals surface area contributed by atoms with Crippen molar-refractivity contribution in [1.29, 1.82) is 0 Å². The zero-order chi connectivity index (χ0) is 52.9. The highest BCUT2D eigenvalue weighted by atomic mass is 16.7. The number of aliphatic hydroxyl groups excluding tert-OH is 1. The van der Waals surface area contributed by atoms with Gasteiger partial charge < -0.3 is 44.7 Å². The Hall–Kier alpha value is -7.52. The third kappa shape index (κ3) is 12.4. The van der Waals surface area contributed by atoms with Crippen LogP contribution in [0.5, 0.6) is 11.5 Å². The van der Waals surface area contributed by atoms with Crippen molar-refractivity contribution in [2.45, 2.75) is 83.0 Å². The Balaban J connectivity index is 0.945. The number of rotatable bonds is 22. The molecule has 3 amide bonds. The van der Waals surface area contributed by atoms with Gasteiger partial charge in [-0.05, 0) is 106 Å².